The molecule has 0 unspecified atom stereocenters. The number of aliphatic hydroxyl groups excluding tert-OH is 1. The van der Waals surface area contributed by atoms with Gasteiger partial charge in [0.1, 0.15) is 5.75 Å². The summed E-state index contributed by atoms with van der Waals surface area (Å²) in [5.74, 6) is 0.410. The molecule has 0 amide bonds. The van der Waals surface area contributed by atoms with Crippen molar-refractivity contribution in [2.75, 3.05) is 41.5 Å². The summed E-state index contributed by atoms with van der Waals surface area (Å²) < 4.78 is 10.8. The molecule has 0 saturated heterocycles. The fourth-order valence-corrected chi connectivity index (χ4v) is 4.18. The molecule has 0 aliphatic heterocycles. The van der Waals surface area contributed by atoms with Gasteiger partial charge < -0.3 is 43.2 Å². The predicted molar refractivity (Wildman–Crippen MR) is 154 cm³/mol. The molecule has 0 saturated carbocycles. The number of carbonyl (C=O) groups excluding carboxylic acids is 1. The van der Waals surface area contributed by atoms with Crippen molar-refractivity contribution in [1.29, 1.82) is 0 Å². The molecule has 0 fully saturated rings. The third-order valence-electron chi connectivity index (χ3n) is 6.13. The van der Waals surface area contributed by atoms with Gasteiger partial charge in [-0.1, -0.05) is 32.0 Å². The molecule has 9 nitrogen and oxygen atoms in total. The molecule has 2 aromatic carbocycles. The zero-order chi connectivity index (χ0) is 28.9. The minimum absolute atomic E-state index is 0.168. The quantitative estimate of drug-likeness (QED) is 0.180. The van der Waals surface area contributed by atoms with Crippen molar-refractivity contribution in [2.45, 2.75) is 58.0 Å². The molecule has 37 heavy (non-hydrogen) atoms. The van der Waals surface area contributed by atoms with Gasteiger partial charge in [-0.15, -0.1) is 0 Å². The van der Waals surface area contributed by atoms with E-state index in [9.17, 15) is 4.79 Å². The summed E-state index contributed by atoms with van der Waals surface area (Å²) in [6.07, 6.45) is 3.28. The van der Waals surface area contributed by atoms with Crippen molar-refractivity contribution < 1.29 is 19.4 Å². The van der Waals surface area contributed by atoms with Crippen LogP contribution in [0.25, 0.3) is 0 Å². The predicted octanol–water partition coefficient (Wildman–Crippen LogP) is 2.37. The van der Waals surface area contributed by atoms with Crippen LogP contribution in [0.3, 0.4) is 0 Å². The maximum atomic E-state index is 12.1. The lowest BCUT2D eigenvalue weighted by atomic mass is 9.69. The Morgan fingerprint density at radius 1 is 0.838 bits per heavy atom. The Morgan fingerprint density at radius 2 is 1.35 bits per heavy atom. The molecule has 0 radical (unpaired) electrons. The van der Waals surface area contributed by atoms with Crippen molar-refractivity contribution in [3.05, 3.63) is 64.2 Å². The highest BCUT2D eigenvalue weighted by Gasteiger charge is 2.32. The van der Waals surface area contributed by atoms with Crippen molar-refractivity contribution in [1.82, 2.24) is 0 Å². The number of carbonyl (C=O) groups is 1. The van der Waals surface area contributed by atoms with Crippen LogP contribution in [0.1, 0.15) is 72.1 Å². The van der Waals surface area contributed by atoms with Gasteiger partial charge in [-0.3, -0.25) is 0 Å². The van der Waals surface area contributed by atoms with Crippen LogP contribution in [0, 0.1) is 0 Å². The molecule has 11 N–H and O–H groups in total. The van der Waals surface area contributed by atoms with Crippen molar-refractivity contribution >= 4 is 5.97 Å². The van der Waals surface area contributed by atoms with Crippen LogP contribution in [-0.4, -0.2) is 52.5 Å². The first kappa shape index (κ1) is 36.6. The molecule has 2 rings (SSSR count). The van der Waals surface area contributed by atoms with Gasteiger partial charge in [-0.25, -0.2) is 4.79 Å². The third kappa shape index (κ3) is 10.0. The summed E-state index contributed by atoms with van der Waals surface area (Å²) in [6, 6.07) is 12.1. The average molecular weight is 522 g/mol. The zero-order valence-corrected chi connectivity index (χ0v) is 23.7. The molecular weight excluding hydrogens is 470 g/mol. The Balaban J connectivity index is 0. The molecule has 212 valence electrons. The summed E-state index contributed by atoms with van der Waals surface area (Å²) in [5.41, 5.74) is 29.8. The van der Waals surface area contributed by atoms with E-state index in [4.69, 9.17) is 26.0 Å². The number of rotatable bonds is 12. The number of aliphatic hydroxyl groups is 1. The van der Waals surface area contributed by atoms with Crippen LogP contribution in [0.5, 0.6) is 5.75 Å². The SMILES string of the molecule is CCC(CC)(c1ccc(OCCCCO)c(CN)c1)c1ccc(C(=O)OC)c(CN)c1.CN.CN.CN. The Kier molecular flexibility index (Phi) is 21.3. The number of hydrogen-bond acceptors (Lipinski definition) is 9. The average Bonchev–Trinajstić information content (AvgIpc) is 2.99. The highest BCUT2D eigenvalue weighted by atomic mass is 16.5. The van der Waals surface area contributed by atoms with Gasteiger partial charge in [0.2, 0.25) is 0 Å². The maximum Gasteiger partial charge on any atom is 0.338 e. The normalized spacial score (nSPS) is 10.1. The molecule has 9 heteroatoms. The molecule has 0 spiro atoms. The van der Waals surface area contributed by atoms with Crippen molar-refractivity contribution in [3.8, 4) is 5.75 Å². The standard InChI is InChI=1S/C25H36N2O4.3CH5N/c1-4-25(5-2,20-8-10-22(24(29)30-3)18(14-20)16-26)21-9-11-23(19(15-21)17-27)31-13-7-6-12-28;3*1-2/h8-11,14-15,28H,4-7,12-13,16-17,26-27H2,1-3H3;3*2H2,1H3. The van der Waals surface area contributed by atoms with Gasteiger partial charge in [-0.2, -0.15) is 0 Å². The zero-order valence-electron chi connectivity index (χ0n) is 23.7. The fourth-order valence-electron chi connectivity index (χ4n) is 4.18. The second-order valence-electron chi connectivity index (χ2n) is 7.66. The Morgan fingerprint density at radius 3 is 1.81 bits per heavy atom. The first-order chi connectivity index (χ1) is 18.0. The van der Waals surface area contributed by atoms with E-state index in [1.54, 1.807) is 0 Å². The molecule has 0 aliphatic carbocycles. The van der Waals surface area contributed by atoms with E-state index in [2.05, 4.69) is 43.2 Å². The highest BCUT2D eigenvalue weighted by Crippen LogP contribution is 2.41. The number of ether oxygens (including phenoxy) is 2. The lowest BCUT2D eigenvalue weighted by molar-refractivity contribution is 0.0599. The number of unbranched alkanes of at least 4 members (excludes halogenated alkanes) is 1. The van der Waals surface area contributed by atoms with Crippen molar-refractivity contribution in [2.24, 2.45) is 28.7 Å². The largest absolute Gasteiger partial charge is 0.493 e. The summed E-state index contributed by atoms with van der Waals surface area (Å²) in [6.45, 7) is 5.69. The molecule has 0 aromatic heterocycles. The van der Waals surface area contributed by atoms with Crippen LogP contribution >= 0.6 is 0 Å². The highest BCUT2D eigenvalue weighted by molar-refractivity contribution is 5.91. The Bertz CT molecular complexity index is 874. The lowest BCUT2D eigenvalue weighted by Crippen LogP contribution is -2.27. The second kappa shape index (κ2) is 21.5. The van der Waals surface area contributed by atoms with Gasteiger partial charge in [0.15, 0.2) is 0 Å². The minimum Gasteiger partial charge on any atom is -0.493 e. The fraction of sp³-hybridized carbons (Fsp3) is 0.536. The van der Waals surface area contributed by atoms with Crippen molar-refractivity contribution in [3.63, 3.8) is 0 Å². The number of esters is 1. The monoisotopic (exact) mass is 521 g/mol. The van der Waals surface area contributed by atoms with Crippen LogP contribution < -0.4 is 33.4 Å². The Labute approximate surface area is 223 Å². The minimum atomic E-state index is -0.376. The molecule has 0 heterocycles. The lowest BCUT2D eigenvalue weighted by Gasteiger charge is -2.34. The number of benzene rings is 2. The van der Waals surface area contributed by atoms with Gasteiger partial charge in [0, 0.05) is 30.7 Å². The summed E-state index contributed by atoms with van der Waals surface area (Å²) in [7, 11) is 5.88. The van der Waals surface area contributed by atoms with Crippen LogP contribution in [0.15, 0.2) is 36.4 Å². The third-order valence-corrected chi connectivity index (χ3v) is 6.13. The first-order valence-electron chi connectivity index (χ1n) is 12.7. The summed E-state index contributed by atoms with van der Waals surface area (Å²) in [5, 5.41) is 8.94. The summed E-state index contributed by atoms with van der Waals surface area (Å²) in [4.78, 5) is 12.1. The van der Waals surface area contributed by atoms with Gasteiger partial charge in [-0.05, 0) is 81.7 Å². The van der Waals surface area contributed by atoms with Crippen LogP contribution in [0.4, 0.5) is 0 Å². The topological polar surface area (TPSA) is 186 Å². The van der Waals surface area contributed by atoms with Gasteiger partial charge >= 0.3 is 5.97 Å². The van der Waals surface area contributed by atoms with E-state index in [0.717, 1.165) is 53.7 Å². The molecule has 0 aliphatic rings. The van der Waals surface area contributed by atoms with Gasteiger partial charge in [0.05, 0.1) is 19.3 Å². The first-order valence-corrected chi connectivity index (χ1v) is 12.7. The van der Waals surface area contributed by atoms with E-state index < -0.39 is 0 Å². The van der Waals surface area contributed by atoms with E-state index in [-0.39, 0.29) is 24.5 Å². The number of hydrogen-bond donors (Lipinski definition) is 6. The van der Waals surface area contributed by atoms with E-state index in [0.29, 0.717) is 18.7 Å². The smallest absolute Gasteiger partial charge is 0.338 e. The van der Waals surface area contributed by atoms with Gasteiger partial charge in [0.25, 0.3) is 0 Å². The van der Waals surface area contributed by atoms with E-state index in [1.165, 1.54) is 28.3 Å². The van der Waals surface area contributed by atoms with E-state index in [1.807, 2.05) is 24.3 Å². The molecule has 2 aromatic rings. The number of methoxy groups -OCH3 is 1. The maximum absolute atomic E-state index is 12.1. The molecular formula is C28H51N5O4. The molecule has 0 bridgehead atoms. The molecule has 0 atom stereocenters. The summed E-state index contributed by atoms with van der Waals surface area (Å²) >= 11 is 0. The van der Waals surface area contributed by atoms with Crippen LogP contribution in [-0.2, 0) is 23.2 Å². The number of nitrogens with two attached hydrogens (primary N) is 5. The van der Waals surface area contributed by atoms with E-state index >= 15 is 0 Å². The van der Waals surface area contributed by atoms with Crippen LogP contribution in [0.2, 0.25) is 0 Å². The Hall–Kier alpha value is -2.53. The second-order valence-corrected chi connectivity index (χ2v) is 7.66.